The van der Waals surface area contributed by atoms with Gasteiger partial charge in [0, 0.05) is 0 Å². The Balaban J connectivity index is 4.08. The second kappa shape index (κ2) is 3.09. The molecule has 0 heterocycles. The van der Waals surface area contributed by atoms with Crippen molar-refractivity contribution in [1.29, 1.82) is 0 Å². The molecule has 0 saturated carbocycles. The molecule has 0 aromatic heterocycles. The van der Waals surface area contributed by atoms with Crippen molar-refractivity contribution in [3.63, 3.8) is 0 Å². The van der Waals surface area contributed by atoms with Gasteiger partial charge in [-0.25, -0.2) is 0 Å². The fourth-order valence-corrected chi connectivity index (χ4v) is 0.326. The summed E-state index contributed by atoms with van der Waals surface area (Å²) in [5.74, 6) is -1.49. The molecule has 0 amide bonds. The fraction of sp³-hybridized carbons (Fsp3) is 0.750. The van der Waals surface area contributed by atoms with Crippen LogP contribution in [0.25, 0.3) is 0 Å². The normalized spacial score (nSPS) is 14.5. The second-order valence-electron chi connectivity index (χ2n) is 1.43. The van der Waals surface area contributed by atoms with Crippen molar-refractivity contribution in [3.8, 4) is 0 Å². The molecule has 6 heteroatoms. The van der Waals surface area contributed by atoms with Crippen LogP contribution in [0.1, 0.15) is 0 Å². The van der Waals surface area contributed by atoms with Crippen molar-refractivity contribution in [1.82, 2.24) is 0 Å². The van der Waals surface area contributed by atoms with E-state index in [-0.39, 0.29) is 0 Å². The molecule has 2 nitrogen and oxygen atoms in total. The third-order valence-corrected chi connectivity index (χ3v) is 1.12. The number of carbonyl (C=O) groups excluding carboxylic acids is 1. The lowest BCUT2D eigenvalue weighted by Crippen LogP contribution is -2.32. The van der Waals surface area contributed by atoms with E-state index in [1.807, 2.05) is 0 Å². The average Bonchev–Trinajstić information content (AvgIpc) is 1.83. The van der Waals surface area contributed by atoms with Crippen LogP contribution in [0.3, 0.4) is 0 Å². The maximum Gasteiger partial charge on any atom is 0.415 e. The van der Waals surface area contributed by atoms with Gasteiger partial charge in [-0.1, -0.05) is 0 Å². The maximum absolute atomic E-state index is 11.5. The quantitative estimate of drug-likeness (QED) is 0.445. The SMILES string of the molecule is COC(=O)C(Cl)C(F)(F)F. The standard InChI is InChI=1S/C4H4ClF3O2/c1-10-3(9)2(5)4(6,7)8/h2H,1H3. The van der Waals surface area contributed by atoms with Crippen molar-refractivity contribution in [2.24, 2.45) is 0 Å². The van der Waals surface area contributed by atoms with Crippen molar-refractivity contribution < 1.29 is 22.7 Å². The van der Waals surface area contributed by atoms with Crippen LogP contribution >= 0.6 is 11.6 Å². The molecule has 0 aromatic carbocycles. The number of halogens is 4. The topological polar surface area (TPSA) is 26.3 Å². The zero-order chi connectivity index (χ0) is 8.36. The molecule has 1 unspecified atom stereocenters. The molecule has 0 aromatic rings. The van der Waals surface area contributed by atoms with Crippen LogP contribution in [0.2, 0.25) is 0 Å². The van der Waals surface area contributed by atoms with Crippen LogP contribution in [-0.4, -0.2) is 24.6 Å². The van der Waals surface area contributed by atoms with Crippen molar-refractivity contribution in [3.05, 3.63) is 0 Å². The number of hydrogen-bond acceptors (Lipinski definition) is 2. The van der Waals surface area contributed by atoms with Crippen LogP contribution in [-0.2, 0) is 9.53 Å². The van der Waals surface area contributed by atoms with Gasteiger partial charge in [0.05, 0.1) is 7.11 Å². The highest BCUT2D eigenvalue weighted by Crippen LogP contribution is 2.25. The zero-order valence-electron chi connectivity index (χ0n) is 4.91. The molecule has 0 aliphatic rings. The summed E-state index contributed by atoms with van der Waals surface area (Å²) in [6, 6.07) is 0. The Labute approximate surface area is 59.9 Å². The minimum absolute atomic E-state index is 0.837. The largest absolute Gasteiger partial charge is 0.468 e. The third-order valence-electron chi connectivity index (χ3n) is 0.696. The predicted molar refractivity (Wildman–Crippen MR) is 27.7 cm³/mol. The molecule has 0 fully saturated rings. The molecule has 0 bridgehead atoms. The van der Waals surface area contributed by atoms with E-state index in [0.29, 0.717) is 0 Å². The molecule has 0 aliphatic heterocycles. The summed E-state index contributed by atoms with van der Waals surface area (Å²) in [4.78, 5) is 10.1. The highest BCUT2D eigenvalue weighted by molar-refractivity contribution is 6.30. The summed E-state index contributed by atoms with van der Waals surface area (Å²) in [6.07, 6.45) is -4.73. The summed E-state index contributed by atoms with van der Waals surface area (Å²) in [5, 5.41) is -2.56. The number of esters is 1. The minimum atomic E-state index is -4.73. The van der Waals surface area contributed by atoms with Gasteiger partial charge in [-0.15, -0.1) is 11.6 Å². The lowest BCUT2D eigenvalue weighted by molar-refractivity contribution is -0.166. The summed E-state index contributed by atoms with van der Waals surface area (Å²) >= 11 is 4.61. The first-order chi connectivity index (χ1) is 4.39. The van der Waals surface area contributed by atoms with E-state index in [9.17, 15) is 18.0 Å². The Bertz CT molecular complexity index is 133. The first kappa shape index (κ1) is 9.55. The lowest BCUT2D eigenvalue weighted by Gasteiger charge is -2.09. The Morgan fingerprint density at radius 2 is 2.00 bits per heavy atom. The number of ether oxygens (including phenoxy) is 1. The van der Waals surface area contributed by atoms with Crippen LogP contribution in [0, 0.1) is 0 Å². The van der Waals surface area contributed by atoms with E-state index in [1.165, 1.54) is 0 Å². The number of carbonyl (C=O) groups is 1. The van der Waals surface area contributed by atoms with Gasteiger partial charge < -0.3 is 4.74 Å². The van der Waals surface area contributed by atoms with E-state index in [0.717, 1.165) is 7.11 Å². The molecule has 0 saturated heterocycles. The molecular formula is C4H4ClF3O2. The Hall–Kier alpha value is -0.450. The summed E-state index contributed by atoms with van der Waals surface area (Å²) < 4.78 is 38.1. The summed E-state index contributed by atoms with van der Waals surface area (Å²) in [7, 11) is 0.837. The summed E-state index contributed by atoms with van der Waals surface area (Å²) in [6.45, 7) is 0. The van der Waals surface area contributed by atoms with Gasteiger partial charge in [-0.2, -0.15) is 13.2 Å². The number of alkyl halides is 4. The molecule has 60 valence electrons. The molecule has 0 rings (SSSR count). The molecule has 0 aliphatic carbocycles. The molecule has 0 N–H and O–H groups in total. The first-order valence-electron chi connectivity index (χ1n) is 2.18. The van der Waals surface area contributed by atoms with Crippen LogP contribution in [0.5, 0.6) is 0 Å². The number of rotatable bonds is 1. The van der Waals surface area contributed by atoms with Gasteiger partial charge in [0.15, 0.2) is 0 Å². The van der Waals surface area contributed by atoms with Gasteiger partial charge in [0.1, 0.15) is 0 Å². The lowest BCUT2D eigenvalue weighted by atomic mass is 10.4. The van der Waals surface area contributed by atoms with E-state index < -0.39 is 17.5 Å². The molecule has 1 atom stereocenters. The first-order valence-corrected chi connectivity index (χ1v) is 2.62. The van der Waals surface area contributed by atoms with E-state index in [2.05, 4.69) is 16.3 Å². The highest BCUT2D eigenvalue weighted by atomic mass is 35.5. The molecule has 10 heavy (non-hydrogen) atoms. The monoisotopic (exact) mass is 176 g/mol. The van der Waals surface area contributed by atoms with Gasteiger partial charge in [0.2, 0.25) is 5.38 Å². The van der Waals surface area contributed by atoms with Gasteiger partial charge in [0.25, 0.3) is 0 Å². The van der Waals surface area contributed by atoms with Crippen molar-refractivity contribution in [2.75, 3.05) is 7.11 Å². The Morgan fingerprint density at radius 3 is 2.10 bits per heavy atom. The second-order valence-corrected chi connectivity index (χ2v) is 1.86. The predicted octanol–water partition coefficient (Wildman–Crippen LogP) is 1.33. The van der Waals surface area contributed by atoms with Crippen molar-refractivity contribution in [2.45, 2.75) is 11.6 Å². The van der Waals surface area contributed by atoms with Crippen LogP contribution in [0.4, 0.5) is 13.2 Å². The van der Waals surface area contributed by atoms with E-state index in [1.54, 1.807) is 0 Å². The van der Waals surface area contributed by atoms with E-state index >= 15 is 0 Å². The minimum Gasteiger partial charge on any atom is -0.468 e. The molecule has 0 radical (unpaired) electrons. The van der Waals surface area contributed by atoms with E-state index in [4.69, 9.17) is 0 Å². The summed E-state index contributed by atoms with van der Waals surface area (Å²) in [5.41, 5.74) is 0. The smallest absolute Gasteiger partial charge is 0.415 e. The molecule has 0 spiro atoms. The van der Waals surface area contributed by atoms with Crippen LogP contribution < -0.4 is 0 Å². The number of hydrogen-bond donors (Lipinski definition) is 0. The average molecular weight is 177 g/mol. The third kappa shape index (κ3) is 2.43. The van der Waals surface area contributed by atoms with Gasteiger partial charge in [-0.3, -0.25) is 4.79 Å². The Kier molecular flexibility index (Phi) is 2.96. The van der Waals surface area contributed by atoms with Gasteiger partial charge in [-0.05, 0) is 0 Å². The fourth-order valence-electron chi connectivity index (χ4n) is 0.237. The Morgan fingerprint density at radius 1 is 1.60 bits per heavy atom. The van der Waals surface area contributed by atoms with Crippen LogP contribution in [0.15, 0.2) is 0 Å². The maximum atomic E-state index is 11.5. The van der Waals surface area contributed by atoms with Crippen molar-refractivity contribution >= 4 is 17.6 Å². The zero-order valence-corrected chi connectivity index (χ0v) is 5.66. The highest BCUT2D eigenvalue weighted by Gasteiger charge is 2.44. The van der Waals surface area contributed by atoms with Gasteiger partial charge >= 0.3 is 12.1 Å². The molecular weight excluding hydrogens is 172 g/mol. The number of methoxy groups -OCH3 is 1.